The zero-order valence-corrected chi connectivity index (χ0v) is 13.8. The molecule has 1 aliphatic rings. The molecule has 0 aromatic carbocycles. The van der Waals surface area contributed by atoms with Crippen LogP contribution in [0.2, 0.25) is 0 Å². The van der Waals surface area contributed by atoms with Crippen molar-refractivity contribution in [1.82, 2.24) is 14.9 Å². The molecular formula is C16H28N4O. The summed E-state index contributed by atoms with van der Waals surface area (Å²) in [5, 5.41) is 0. The number of rotatable bonds is 5. The van der Waals surface area contributed by atoms with Gasteiger partial charge < -0.3 is 9.64 Å². The van der Waals surface area contributed by atoms with Crippen LogP contribution in [-0.2, 0) is 10.2 Å². The smallest absolute Gasteiger partial charge is 0.147 e. The van der Waals surface area contributed by atoms with Gasteiger partial charge in [0, 0.05) is 44.7 Å². The zero-order chi connectivity index (χ0) is 15.3. The Morgan fingerprint density at radius 3 is 2.33 bits per heavy atom. The number of aromatic nitrogens is 2. The average molecular weight is 292 g/mol. The molecule has 21 heavy (non-hydrogen) atoms. The van der Waals surface area contributed by atoms with Gasteiger partial charge in [0.1, 0.15) is 5.82 Å². The molecule has 0 spiro atoms. The lowest BCUT2D eigenvalue weighted by Crippen LogP contribution is -2.47. The lowest BCUT2D eigenvalue weighted by molar-refractivity contribution is 0.111. The van der Waals surface area contributed by atoms with Gasteiger partial charge >= 0.3 is 0 Å². The number of hydrogen-bond acceptors (Lipinski definition) is 5. The second-order valence-corrected chi connectivity index (χ2v) is 6.54. The molecule has 0 bridgehead atoms. The number of hydrogen-bond donors (Lipinski definition) is 0. The van der Waals surface area contributed by atoms with Crippen LogP contribution in [0.1, 0.15) is 33.4 Å². The zero-order valence-electron chi connectivity index (χ0n) is 13.8. The van der Waals surface area contributed by atoms with E-state index in [2.05, 4.69) is 40.5 Å². The van der Waals surface area contributed by atoms with Crippen molar-refractivity contribution in [2.75, 3.05) is 50.8 Å². The molecule has 2 heterocycles. The van der Waals surface area contributed by atoms with Crippen LogP contribution < -0.4 is 4.90 Å². The minimum atomic E-state index is 0.0590. The fourth-order valence-corrected chi connectivity index (χ4v) is 2.41. The van der Waals surface area contributed by atoms with Gasteiger partial charge in [0.15, 0.2) is 0 Å². The van der Waals surface area contributed by atoms with Crippen molar-refractivity contribution in [3.8, 4) is 0 Å². The summed E-state index contributed by atoms with van der Waals surface area (Å²) in [4.78, 5) is 13.9. The third kappa shape index (κ3) is 4.64. The Morgan fingerprint density at radius 2 is 1.81 bits per heavy atom. The SMILES string of the molecule is CCOCCN1CCN(c2cnc(C(C)(C)C)cn2)CC1. The molecule has 1 aliphatic heterocycles. The van der Waals surface area contributed by atoms with Crippen LogP contribution in [0.5, 0.6) is 0 Å². The van der Waals surface area contributed by atoms with Crippen LogP contribution in [0.4, 0.5) is 5.82 Å². The molecule has 2 rings (SSSR count). The fourth-order valence-electron chi connectivity index (χ4n) is 2.41. The minimum absolute atomic E-state index is 0.0590. The summed E-state index contributed by atoms with van der Waals surface area (Å²) < 4.78 is 5.42. The highest BCUT2D eigenvalue weighted by Gasteiger charge is 2.20. The molecule has 0 unspecified atom stereocenters. The minimum Gasteiger partial charge on any atom is -0.380 e. The molecule has 1 aromatic heterocycles. The maximum atomic E-state index is 5.42. The van der Waals surface area contributed by atoms with Crippen LogP contribution in [0.15, 0.2) is 12.4 Å². The monoisotopic (exact) mass is 292 g/mol. The van der Waals surface area contributed by atoms with Crippen LogP contribution in [0.25, 0.3) is 0 Å². The summed E-state index contributed by atoms with van der Waals surface area (Å²) >= 11 is 0. The second kappa shape index (κ2) is 7.18. The molecular weight excluding hydrogens is 264 g/mol. The summed E-state index contributed by atoms with van der Waals surface area (Å²) in [6.07, 6.45) is 3.83. The van der Waals surface area contributed by atoms with Crippen LogP contribution in [-0.4, -0.2) is 60.8 Å². The molecule has 5 nitrogen and oxygen atoms in total. The third-order valence-electron chi connectivity index (χ3n) is 3.86. The predicted molar refractivity (Wildman–Crippen MR) is 85.9 cm³/mol. The maximum Gasteiger partial charge on any atom is 0.147 e. The molecule has 0 saturated carbocycles. The molecule has 1 aromatic rings. The van der Waals surface area contributed by atoms with Gasteiger partial charge in [-0.05, 0) is 6.92 Å². The van der Waals surface area contributed by atoms with Crippen molar-refractivity contribution < 1.29 is 4.74 Å². The van der Waals surface area contributed by atoms with Gasteiger partial charge in [0.2, 0.25) is 0 Å². The van der Waals surface area contributed by atoms with E-state index in [1.54, 1.807) is 0 Å². The Kier molecular flexibility index (Phi) is 5.53. The highest BCUT2D eigenvalue weighted by molar-refractivity contribution is 5.37. The van der Waals surface area contributed by atoms with Crippen LogP contribution in [0.3, 0.4) is 0 Å². The molecule has 5 heteroatoms. The Balaban J connectivity index is 1.85. The van der Waals surface area contributed by atoms with Gasteiger partial charge in [-0.3, -0.25) is 9.88 Å². The van der Waals surface area contributed by atoms with E-state index < -0.39 is 0 Å². The van der Waals surface area contributed by atoms with E-state index in [9.17, 15) is 0 Å². The van der Waals surface area contributed by atoms with Crippen molar-refractivity contribution in [2.45, 2.75) is 33.1 Å². The van der Waals surface area contributed by atoms with Crippen LogP contribution >= 0.6 is 0 Å². The summed E-state index contributed by atoms with van der Waals surface area (Å²) in [6.45, 7) is 15.3. The predicted octanol–water partition coefficient (Wildman–Crippen LogP) is 1.93. The number of nitrogens with zero attached hydrogens (tertiary/aromatic N) is 4. The van der Waals surface area contributed by atoms with E-state index in [1.807, 2.05) is 19.3 Å². The van der Waals surface area contributed by atoms with E-state index in [1.165, 1.54) is 0 Å². The summed E-state index contributed by atoms with van der Waals surface area (Å²) in [6, 6.07) is 0. The van der Waals surface area contributed by atoms with Gasteiger partial charge in [0.25, 0.3) is 0 Å². The van der Waals surface area contributed by atoms with E-state index in [4.69, 9.17) is 4.74 Å². The van der Waals surface area contributed by atoms with E-state index >= 15 is 0 Å². The lowest BCUT2D eigenvalue weighted by atomic mass is 9.93. The molecule has 1 fully saturated rings. The average Bonchev–Trinajstić information content (AvgIpc) is 2.48. The van der Waals surface area contributed by atoms with Gasteiger partial charge in [-0.15, -0.1) is 0 Å². The van der Waals surface area contributed by atoms with Crippen molar-refractivity contribution >= 4 is 5.82 Å². The largest absolute Gasteiger partial charge is 0.380 e. The van der Waals surface area contributed by atoms with Crippen molar-refractivity contribution in [3.63, 3.8) is 0 Å². The first-order chi connectivity index (χ1) is 10.0. The van der Waals surface area contributed by atoms with Gasteiger partial charge in [-0.25, -0.2) is 4.98 Å². The Morgan fingerprint density at radius 1 is 1.10 bits per heavy atom. The highest BCUT2D eigenvalue weighted by Crippen LogP contribution is 2.20. The van der Waals surface area contributed by atoms with Crippen molar-refractivity contribution in [1.29, 1.82) is 0 Å². The van der Waals surface area contributed by atoms with Crippen molar-refractivity contribution in [2.24, 2.45) is 0 Å². The molecule has 0 atom stereocenters. The van der Waals surface area contributed by atoms with Crippen molar-refractivity contribution in [3.05, 3.63) is 18.1 Å². The Bertz CT molecular complexity index is 419. The quantitative estimate of drug-likeness (QED) is 0.776. The molecule has 0 aliphatic carbocycles. The summed E-state index contributed by atoms with van der Waals surface area (Å²) in [5.41, 5.74) is 1.10. The molecule has 1 saturated heterocycles. The first kappa shape index (κ1) is 16.2. The molecule has 0 radical (unpaired) electrons. The number of piperazine rings is 1. The molecule has 0 N–H and O–H groups in total. The molecule has 0 amide bonds. The van der Waals surface area contributed by atoms with Crippen LogP contribution in [0, 0.1) is 0 Å². The topological polar surface area (TPSA) is 41.5 Å². The normalized spacial score (nSPS) is 17.2. The van der Waals surface area contributed by atoms with Gasteiger partial charge in [0.05, 0.1) is 24.7 Å². The Labute approximate surface area is 128 Å². The first-order valence-corrected chi connectivity index (χ1v) is 7.88. The van der Waals surface area contributed by atoms with E-state index in [0.29, 0.717) is 0 Å². The van der Waals surface area contributed by atoms with Gasteiger partial charge in [-0.1, -0.05) is 20.8 Å². The maximum absolute atomic E-state index is 5.42. The highest BCUT2D eigenvalue weighted by atomic mass is 16.5. The second-order valence-electron chi connectivity index (χ2n) is 6.54. The fraction of sp³-hybridized carbons (Fsp3) is 0.750. The van der Waals surface area contributed by atoms with Gasteiger partial charge in [-0.2, -0.15) is 0 Å². The van der Waals surface area contributed by atoms with E-state index in [-0.39, 0.29) is 5.41 Å². The molecule has 118 valence electrons. The lowest BCUT2D eigenvalue weighted by Gasteiger charge is -2.35. The van der Waals surface area contributed by atoms with E-state index in [0.717, 1.165) is 57.4 Å². The third-order valence-corrected chi connectivity index (χ3v) is 3.86. The number of ether oxygens (including phenoxy) is 1. The first-order valence-electron chi connectivity index (χ1n) is 7.88. The summed E-state index contributed by atoms with van der Waals surface area (Å²) in [5.74, 6) is 0.993. The Hall–Kier alpha value is -1.20. The summed E-state index contributed by atoms with van der Waals surface area (Å²) in [7, 11) is 0. The standard InChI is InChI=1S/C16H28N4O/c1-5-21-11-10-19-6-8-20(9-7-19)15-13-17-14(12-18-15)16(2,3)4/h12-13H,5-11H2,1-4H3. The number of anilines is 1.